The average Bonchev–Trinajstić information content (AvgIpc) is 2.82. The second-order valence-corrected chi connectivity index (χ2v) is 4.53. The van der Waals surface area contributed by atoms with E-state index in [1.165, 1.54) is 0 Å². The van der Waals surface area contributed by atoms with Crippen LogP contribution in [0.1, 0.15) is 20.7 Å². The van der Waals surface area contributed by atoms with E-state index in [-0.39, 0.29) is 11.5 Å². The molecule has 0 aliphatic rings. The van der Waals surface area contributed by atoms with Gasteiger partial charge in [0.2, 0.25) is 0 Å². The highest BCUT2D eigenvalue weighted by Crippen LogP contribution is 2.27. The molecule has 3 aromatic rings. The van der Waals surface area contributed by atoms with Crippen molar-refractivity contribution in [2.24, 2.45) is 0 Å². The van der Waals surface area contributed by atoms with Crippen LogP contribution < -0.4 is 5.32 Å². The lowest BCUT2D eigenvalue weighted by molar-refractivity contribution is 0.0697. The topological polar surface area (TPSA) is 82.2 Å². The van der Waals surface area contributed by atoms with Crippen molar-refractivity contribution in [1.29, 1.82) is 0 Å². The lowest BCUT2D eigenvalue weighted by Crippen LogP contribution is -2.17. The summed E-state index contributed by atoms with van der Waals surface area (Å²) in [5, 5.41) is 13.3. The molecule has 5 nitrogen and oxygen atoms in total. The normalized spacial score (nSPS) is 10.8. The largest absolute Gasteiger partial charge is 0.478 e. The van der Waals surface area contributed by atoms with Gasteiger partial charge < -0.3 is 15.4 Å². The van der Waals surface area contributed by atoms with Crippen molar-refractivity contribution in [3.05, 3.63) is 47.5 Å². The number of aromatic carboxylic acids is 1. The summed E-state index contributed by atoms with van der Waals surface area (Å²) >= 11 is 0. The fourth-order valence-electron chi connectivity index (χ4n) is 2.32. The molecule has 0 saturated heterocycles. The number of amides is 1. The van der Waals surface area contributed by atoms with Crippen LogP contribution in [0.25, 0.3) is 21.8 Å². The van der Waals surface area contributed by atoms with Gasteiger partial charge in [-0.25, -0.2) is 4.79 Å². The Morgan fingerprint density at radius 2 is 1.75 bits per heavy atom. The number of H-pyrrole nitrogens is 1. The number of carbonyl (C=O) groups is 2. The fourth-order valence-corrected chi connectivity index (χ4v) is 2.32. The third-order valence-electron chi connectivity index (χ3n) is 3.33. The van der Waals surface area contributed by atoms with Crippen LogP contribution >= 0.6 is 0 Å². The molecule has 1 aromatic heterocycles. The first-order valence-electron chi connectivity index (χ1n) is 6.11. The highest BCUT2D eigenvalue weighted by Gasteiger charge is 2.10. The molecule has 3 rings (SSSR count). The predicted molar refractivity (Wildman–Crippen MR) is 76.2 cm³/mol. The first-order valence-corrected chi connectivity index (χ1v) is 6.11. The third-order valence-corrected chi connectivity index (χ3v) is 3.33. The Morgan fingerprint density at radius 1 is 1.00 bits per heavy atom. The molecule has 0 bridgehead atoms. The van der Waals surface area contributed by atoms with E-state index in [9.17, 15) is 9.59 Å². The summed E-state index contributed by atoms with van der Waals surface area (Å²) in [6.07, 6.45) is 0. The molecule has 0 spiro atoms. The van der Waals surface area contributed by atoms with Crippen molar-refractivity contribution >= 4 is 33.7 Å². The van der Waals surface area contributed by atoms with E-state index in [4.69, 9.17) is 5.11 Å². The molecule has 0 saturated carbocycles. The number of carboxylic acid groups (broad SMARTS) is 1. The molecule has 0 aliphatic carbocycles. The Hall–Kier alpha value is -2.82. The minimum atomic E-state index is -0.955. The monoisotopic (exact) mass is 268 g/mol. The maximum absolute atomic E-state index is 11.6. The van der Waals surface area contributed by atoms with Crippen LogP contribution in [0.3, 0.4) is 0 Å². The van der Waals surface area contributed by atoms with E-state index in [0.717, 1.165) is 21.8 Å². The molecule has 20 heavy (non-hydrogen) atoms. The van der Waals surface area contributed by atoms with Crippen molar-refractivity contribution < 1.29 is 14.7 Å². The van der Waals surface area contributed by atoms with Gasteiger partial charge in [0, 0.05) is 34.4 Å². The Kier molecular flexibility index (Phi) is 2.68. The van der Waals surface area contributed by atoms with Crippen LogP contribution in [0.4, 0.5) is 0 Å². The zero-order valence-corrected chi connectivity index (χ0v) is 10.7. The van der Waals surface area contributed by atoms with Gasteiger partial charge in [0.1, 0.15) is 0 Å². The number of rotatable bonds is 2. The SMILES string of the molecule is CNC(=O)c1ccc2c(c1)[nH]c1ccc(C(=O)O)cc12. The summed E-state index contributed by atoms with van der Waals surface area (Å²) in [6.45, 7) is 0. The lowest BCUT2D eigenvalue weighted by atomic mass is 10.1. The molecular formula is C15H12N2O3. The smallest absolute Gasteiger partial charge is 0.335 e. The summed E-state index contributed by atoms with van der Waals surface area (Å²) in [6, 6.07) is 10.2. The van der Waals surface area contributed by atoms with Gasteiger partial charge in [-0.05, 0) is 30.3 Å². The maximum atomic E-state index is 11.6. The zero-order chi connectivity index (χ0) is 14.3. The van der Waals surface area contributed by atoms with Crippen LogP contribution in [0.2, 0.25) is 0 Å². The molecule has 0 unspecified atom stereocenters. The Balaban J connectivity index is 2.26. The van der Waals surface area contributed by atoms with Crippen LogP contribution in [0, 0.1) is 0 Å². The second kappa shape index (κ2) is 4.38. The number of benzene rings is 2. The Morgan fingerprint density at radius 3 is 2.45 bits per heavy atom. The lowest BCUT2D eigenvalue weighted by Gasteiger charge is -1.99. The van der Waals surface area contributed by atoms with Crippen molar-refractivity contribution in [1.82, 2.24) is 10.3 Å². The molecule has 0 fully saturated rings. The van der Waals surface area contributed by atoms with Crippen molar-refractivity contribution in [3.63, 3.8) is 0 Å². The predicted octanol–water partition coefficient (Wildman–Crippen LogP) is 2.38. The molecule has 0 radical (unpaired) electrons. The third kappa shape index (κ3) is 1.80. The van der Waals surface area contributed by atoms with E-state index in [2.05, 4.69) is 10.3 Å². The Bertz CT molecular complexity index is 849. The molecule has 5 heteroatoms. The number of aromatic nitrogens is 1. The van der Waals surface area contributed by atoms with Gasteiger partial charge in [-0.1, -0.05) is 6.07 Å². The van der Waals surface area contributed by atoms with Gasteiger partial charge in [-0.15, -0.1) is 0 Å². The number of fused-ring (bicyclic) bond motifs is 3. The summed E-state index contributed by atoms with van der Waals surface area (Å²) < 4.78 is 0. The first-order chi connectivity index (χ1) is 9.60. The molecule has 1 amide bonds. The van der Waals surface area contributed by atoms with E-state index >= 15 is 0 Å². The number of aromatic amines is 1. The van der Waals surface area contributed by atoms with Crippen molar-refractivity contribution in [2.45, 2.75) is 0 Å². The minimum Gasteiger partial charge on any atom is -0.478 e. The summed E-state index contributed by atoms with van der Waals surface area (Å²) in [4.78, 5) is 25.8. The highest BCUT2D eigenvalue weighted by atomic mass is 16.4. The number of carboxylic acids is 1. The molecule has 0 aliphatic heterocycles. The average molecular weight is 268 g/mol. The van der Waals surface area contributed by atoms with E-state index in [1.54, 1.807) is 37.4 Å². The van der Waals surface area contributed by atoms with Crippen LogP contribution in [0.15, 0.2) is 36.4 Å². The van der Waals surface area contributed by atoms with Gasteiger partial charge in [-0.2, -0.15) is 0 Å². The summed E-state index contributed by atoms with van der Waals surface area (Å²) in [5.74, 6) is -1.11. The summed E-state index contributed by atoms with van der Waals surface area (Å²) in [7, 11) is 1.58. The zero-order valence-electron chi connectivity index (χ0n) is 10.7. The number of carbonyl (C=O) groups excluding carboxylic acids is 1. The van der Waals surface area contributed by atoms with Gasteiger partial charge >= 0.3 is 5.97 Å². The molecular weight excluding hydrogens is 256 g/mol. The fraction of sp³-hybridized carbons (Fsp3) is 0.0667. The van der Waals surface area contributed by atoms with Crippen LogP contribution in [-0.4, -0.2) is 29.0 Å². The molecule has 1 heterocycles. The number of nitrogens with one attached hydrogen (secondary N) is 2. The Labute approximate surface area is 114 Å². The molecule has 0 atom stereocenters. The maximum Gasteiger partial charge on any atom is 0.335 e. The van der Waals surface area contributed by atoms with Gasteiger partial charge in [0.15, 0.2) is 0 Å². The highest BCUT2D eigenvalue weighted by molar-refractivity contribution is 6.11. The molecule has 100 valence electrons. The van der Waals surface area contributed by atoms with E-state index in [1.807, 2.05) is 6.07 Å². The molecule has 2 aromatic carbocycles. The minimum absolute atomic E-state index is 0.156. The first kappa shape index (κ1) is 12.2. The second-order valence-electron chi connectivity index (χ2n) is 4.53. The van der Waals surface area contributed by atoms with Gasteiger partial charge in [-0.3, -0.25) is 4.79 Å². The van der Waals surface area contributed by atoms with Crippen LogP contribution in [-0.2, 0) is 0 Å². The quantitative estimate of drug-likeness (QED) is 0.667. The van der Waals surface area contributed by atoms with E-state index < -0.39 is 5.97 Å². The van der Waals surface area contributed by atoms with Gasteiger partial charge in [0.05, 0.1) is 5.56 Å². The summed E-state index contributed by atoms with van der Waals surface area (Å²) in [5.41, 5.74) is 2.46. The van der Waals surface area contributed by atoms with Crippen molar-refractivity contribution in [3.8, 4) is 0 Å². The van der Waals surface area contributed by atoms with Gasteiger partial charge in [0.25, 0.3) is 5.91 Å². The number of hydrogen-bond acceptors (Lipinski definition) is 2. The standard InChI is InChI=1S/C15H12N2O3/c1-16-14(18)8-2-4-10-11-6-9(15(19)20)3-5-12(11)17-13(10)7-8/h2-7,17H,1H3,(H,16,18)(H,19,20). The molecule has 3 N–H and O–H groups in total. The van der Waals surface area contributed by atoms with Crippen LogP contribution in [0.5, 0.6) is 0 Å². The number of hydrogen-bond donors (Lipinski definition) is 3. The van der Waals surface area contributed by atoms with Crippen molar-refractivity contribution in [2.75, 3.05) is 7.05 Å². The van der Waals surface area contributed by atoms with E-state index in [0.29, 0.717) is 5.56 Å².